The van der Waals surface area contributed by atoms with Crippen LogP contribution in [0.25, 0.3) is 0 Å². The number of hydrogen-bond acceptors (Lipinski definition) is 6. The van der Waals surface area contributed by atoms with E-state index in [0.29, 0.717) is 16.7 Å². The molecule has 0 saturated heterocycles. The van der Waals surface area contributed by atoms with E-state index in [0.717, 1.165) is 6.07 Å². The summed E-state index contributed by atoms with van der Waals surface area (Å²) >= 11 is 3.05. The second kappa shape index (κ2) is 6.78. The van der Waals surface area contributed by atoms with Gasteiger partial charge >= 0.3 is 12.0 Å². The summed E-state index contributed by atoms with van der Waals surface area (Å²) in [5.74, 6) is -1.78. The summed E-state index contributed by atoms with van der Waals surface area (Å²) in [6.45, 7) is 0. The van der Waals surface area contributed by atoms with Crippen molar-refractivity contribution in [2.75, 3.05) is 5.32 Å². The number of nitro groups is 1. The number of carbonyl (C=O) groups is 1. The third-order valence-corrected chi connectivity index (χ3v) is 2.91. The lowest BCUT2D eigenvalue weighted by Crippen LogP contribution is -2.18. The van der Waals surface area contributed by atoms with E-state index < -0.39 is 28.6 Å². The van der Waals surface area contributed by atoms with Crippen molar-refractivity contribution in [3.63, 3.8) is 0 Å². The number of aromatic nitrogens is 2. The summed E-state index contributed by atoms with van der Waals surface area (Å²) in [6.07, 6.45) is -2.57. The fourth-order valence-corrected chi connectivity index (χ4v) is 1.78. The maximum Gasteiger partial charge on any atom is 0.573 e. The molecule has 0 spiro atoms. The van der Waals surface area contributed by atoms with Gasteiger partial charge in [-0.15, -0.1) is 13.2 Å². The molecule has 1 N–H and O–H groups in total. The van der Waals surface area contributed by atoms with Crippen molar-refractivity contribution in [3.05, 3.63) is 50.9 Å². The number of benzene rings is 1. The molecule has 2 rings (SSSR count). The lowest BCUT2D eigenvalue weighted by molar-refractivity contribution is -0.388. The average Bonchev–Trinajstić information content (AvgIpc) is 2.48. The van der Waals surface area contributed by atoms with Gasteiger partial charge in [0.2, 0.25) is 5.75 Å². The minimum atomic E-state index is -5.10. The van der Waals surface area contributed by atoms with Gasteiger partial charge in [0.25, 0.3) is 5.91 Å². The molecule has 0 aliphatic carbocycles. The molecule has 1 aromatic heterocycles. The summed E-state index contributed by atoms with van der Waals surface area (Å²) in [7, 11) is 0. The van der Waals surface area contributed by atoms with Gasteiger partial charge in [-0.05, 0) is 28.1 Å². The second-order valence-corrected chi connectivity index (χ2v) is 4.98. The zero-order chi connectivity index (χ0) is 17.9. The molecule has 0 saturated carbocycles. The smallest absolute Gasteiger partial charge is 0.398 e. The maximum absolute atomic E-state index is 12.2. The van der Waals surface area contributed by atoms with Crippen molar-refractivity contribution in [1.82, 2.24) is 9.97 Å². The van der Waals surface area contributed by atoms with Gasteiger partial charge in [0.05, 0.1) is 17.3 Å². The highest BCUT2D eigenvalue weighted by molar-refractivity contribution is 9.10. The molecule has 24 heavy (non-hydrogen) atoms. The summed E-state index contributed by atoms with van der Waals surface area (Å²) in [6, 6.07) is 2.31. The van der Waals surface area contributed by atoms with E-state index in [9.17, 15) is 28.1 Å². The van der Waals surface area contributed by atoms with Crippen LogP contribution in [0.15, 0.2) is 35.2 Å². The van der Waals surface area contributed by atoms with Crippen LogP contribution >= 0.6 is 15.9 Å². The van der Waals surface area contributed by atoms with Gasteiger partial charge in [0.15, 0.2) is 5.82 Å². The van der Waals surface area contributed by atoms with Crippen molar-refractivity contribution >= 4 is 33.3 Å². The van der Waals surface area contributed by atoms with E-state index in [1.165, 1.54) is 12.4 Å². The first-order chi connectivity index (χ1) is 11.2. The van der Waals surface area contributed by atoms with E-state index in [4.69, 9.17) is 0 Å². The molecule has 8 nitrogen and oxygen atoms in total. The van der Waals surface area contributed by atoms with E-state index in [-0.39, 0.29) is 11.4 Å². The van der Waals surface area contributed by atoms with Crippen LogP contribution in [0, 0.1) is 10.1 Å². The molecule has 1 aromatic carbocycles. The molecular formula is C12H6BrF3N4O4. The highest BCUT2D eigenvalue weighted by Crippen LogP contribution is 2.32. The molecule has 1 amide bonds. The number of nitrogens with zero attached hydrogens (tertiary/aromatic N) is 3. The first kappa shape index (κ1) is 17.6. The molecule has 0 unspecified atom stereocenters. The predicted octanol–water partition coefficient (Wildman–Crippen LogP) is 3.30. The Morgan fingerprint density at radius 2 is 2.00 bits per heavy atom. The molecule has 2 aromatic rings. The Hall–Kier alpha value is -2.76. The van der Waals surface area contributed by atoms with Crippen molar-refractivity contribution in [1.29, 1.82) is 0 Å². The molecule has 0 aliphatic rings. The van der Waals surface area contributed by atoms with Crippen molar-refractivity contribution in [2.24, 2.45) is 0 Å². The van der Waals surface area contributed by atoms with Crippen LogP contribution in [0.1, 0.15) is 10.4 Å². The number of ether oxygens (including phenoxy) is 1. The normalized spacial score (nSPS) is 11.0. The van der Waals surface area contributed by atoms with Gasteiger partial charge in [0.1, 0.15) is 4.60 Å². The van der Waals surface area contributed by atoms with E-state index in [2.05, 4.69) is 36.0 Å². The number of anilines is 1. The zero-order valence-corrected chi connectivity index (χ0v) is 13.0. The number of amides is 1. The molecule has 0 bridgehead atoms. The fourth-order valence-electron chi connectivity index (χ4n) is 1.58. The lowest BCUT2D eigenvalue weighted by Gasteiger charge is -2.10. The van der Waals surface area contributed by atoms with Crippen LogP contribution in [-0.4, -0.2) is 27.2 Å². The van der Waals surface area contributed by atoms with Crippen LogP contribution in [-0.2, 0) is 0 Å². The second-order valence-electron chi connectivity index (χ2n) is 4.17. The summed E-state index contributed by atoms with van der Waals surface area (Å²) in [5, 5.41) is 13.2. The molecule has 12 heteroatoms. The van der Waals surface area contributed by atoms with Gasteiger partial charge in [0, 0.05) is 11.6 Å². The van der Waals surface area contributed by atoms with Crippen LogP contribution < -0.4 is 10.1 Å². The van der Waals surface area contributed by atoms with Gasteiger partial charge < -0.3 is 10.1 Å². The first-order valence-electron chi connectivity index (χ1n) is 5.99. The number of rotatable bonds is 4. The van der Waals surface area contributed by atoms with Crippen LogP contribution in [0.3, 0.4) is 0 Å². The molecule has 0 radical (unpaired) electrons. The quantitative estimate of drug-likeness (QED) is 0.616. The van der Waals surface area contributed by atoms with E-state index in [1.807, 2.05) is 0 Å². The predicted molar refractivity (Wildman–Crippen MR) is 77.5 cm³/mol. The topological polar surface area (TPSA) is 107 Å². The Kier molecular flexibility index (Phi) is 4.97. The molecule has 1 heterocycles. The van der Waals surface area contributed by atoms with Crippen molar-refractivity contribution in [3.8, 4) is 5.75 Å². The number of alkyl halides is 3. The monoisotopic (exact) mass is 406 g/mol. The molecule has 0 fully saturated rings. The number of hydrogen-bond donors (Lipinski definition) is 1. The Morgan fingerprint density at radius 3 is 2.54 bits per heavy atom. The van der Waals surface area contributed by atoms with Crippen LogP contribution in [0.4, 0.5) is 24.7 Å². The third kappa shape index (κ3) is 4.62. The summed E-state index contributed by atoms with van der Waals surface area (Å²) in [5.41, 5.74) is -1.25. The Morgan fingerprint density at radius 1 is 1.29 bits per heavy atom. The van der Waals surface area contributed by atoms with Crippen LogP contribution in [0.2, 0.25) is 0 Å². The maximum atomic E-state index is 12.2. The highest BCUT2D eigenvalue weighted by atomic mass is 79.9. The number of nitrogens with one attached hydrogen (secondary N) is 1. The van der Waals surface area contributed by atoms with Gasteiger partial charge in [-0.1, -0.05) is 0 Å². The van der Waals surface area contributed by atoms with Crippen molar-refractivity contribution < 1.29 is 27.6 Å². The van der Waals surface area contributed by atoms with Crippen molar-refractivity contribution in [2.45, 2.75) is 6.36 Å². The largest absolute Gasteiger partial charge is 0.573 e. The summed E-state index contributed by atoms with van der Waals surface area (Å²) in [4.78, 5) is 29.4. The Labute approximate surface area is 139 Å². The minimum Gasteiger partial charge on any atom is -0.398 e. The van der Waals surface area contributed by atoms with Gasteiger partial charge in [-0.25, -0.2) is 9.97 Å². The Balaban J connectivity index is 2.27. The van der Waals surface area contributed by atoms with E-state index >= 15 is 0 Å². The van der Waals surface area contributed by atoms with Gasteiger partial charge in [-0.3, -0.25) is 14.9 Å². The fraction of sp³-hybridized carbons (Fsp3) is 0.0833. The molecule has 126 valence electrons. The number of halogens is 4. The SMILES string of the molecule is O=C(Nc1cnc(Br)cn1)c1ccc(OC(F)(F)F)c([N+](=O)[O-])c1. The Bertz CT molecular complexity index is 783. The summed E-state index contributed by atoms with van der Waals surface area (Å²) < 4.78 is 40.6. The lowest BCUT2D eigenvalue weighted by atomic mass is 10.1. The van der Waals surface area contributed by atoms with E-state index in [1.54, 1.807) is 0 Å². The number of carbonyl (C=O) groups excluding carboxylic acids is 1. The first-order valence-corrected chi connectivity index (χ1v) is 6.78. The minimum absolute atomic E-state index is 0.0569. The standard InChI is InChI=1S/C12H6BrF3N4O4/c13-9-4-18-10(5-17-9)19-11(21)6-1-2-8(24-12(14,15)16)7(3-6)20(22)23/h1-5H,(H,18,19,21). The average molecular weight is 407 g/mol. The van der Waals surface area contributed by atoms with Crippen LogP contribution in [0.5, 0.6) is 5.75 Å². The third-order valence-electron chi connectivity index (χ3n) is 2.51. The van der Waals surface area contributed by atoms with Gasteiger partial charge in [-0.2, -0.15) is 0 Å². The highest BCUT2D eigenvalue weighted by Gasteiger charge is 2.34. The molecular weight excluding hydrogens is 401 g/mol. The molecule has 0 atom stereocenters. The number of nitro benzene ring substituents is 1. The molecule has 0 aliphatic heterocycles. The zero-order valence-electron chi connectivity index (χ0n) is 11.4.